The van der Waals surface area contributed by atoms with Crippen LogP contribution in [0.1, 0.15) is 19.3 Å². The third-order valence-electron chi connectivity index (χ3n) is 4.72. The molecule has 4 rings (SSSR count). The molecule has 120 valence electrons. The van der Waals surface area contributed by atoms with Crippen LogP contribution in [-0.2, 0) is 33.4 Å². The first-order valence-electron chi connectivity index (χ1n) is 6.85. The van der Waals surface area contributed by atoms with Crippen molar-refractivity contribution in [3.05, 3.63) is 0 Å². The molecule has 0 aromatic rings. The van der Waals surface area contributed by atoms with Gasteiger partial charge in [0.2, 0.25) is 0 Å². The lowest BCUT2D eigenvalue weighted by Crippen LogP contribution is -2.62. The predicted octanol–water partition coefficient (Wildman–Crippen LogP) is -0.0790. The lowest BCUT2D eigenvalue weighted by atomic mass is 9.53. The second-order valence-electron chi connectivity index (χ2n) is 6.38. The van der Waals surface area contributed by atoms with Gasteiger partial charge in [0, 0.05) is 17.8 Å². The van der Waals surface area contributed by atoms with E-state index in [1.807, 2.05) is 0 Å². The van der Waals surface area contributed by atoms with Crippen molar-refractivity contribution < 1.29 is 30.0 Å². The molecule has 0 spiro atoms. The SMILES string of the molecule is CS(=O)(=O)O[C@@H]1C2CC3CC(C2=O)[C@@H](OS(C)(=O)=O)C1C3. The summed E-state index contributed by atoms with van der Waals surface area (Å²) in [7, 11) is -7.43. The molecule has 4 aliphatic carbocycles. The maximum absolute atomic E-state index is 12.4. The van der Waals surface area contributed by atoms with Crippen LogP contribution >= 0.6 is 0 Å². The Hall–Kier alpha value is -0.510. The van der Waals surface area contributed by atoms with E-state index in [1.54, 1.807) is 0 Å². The lowest BCUT2D eigenvalue weighted by molar-refractivity contribution is -0.168. The minimum Gasteiger partial charge on any atom is -0.299 e. The Kier molecular flexibility index (Phi) is 3.47. The Labute approximate surface area is 124 Å². The van der Waals surface area contributed by atoms with Crippen molar-refractivity contribution in [1.82, 2.24) is 0 Å². The monoisotopic (exact) mass is 338 g/mol. The largest absolute Gasteiger partial charge is 0.299 e. The summed E-state index contributed by atoms with van der Waals surface area (Å²) < 4.78 is 55.9. The molecule has 0 aliphatic heterocycles. The van der Waals surface area contributed by atoms with Crippen molar-refractivity contribution in [3.8, 4) is 0 Å². The topological polar surface area (TPSA) is 104 Å². The first kappa shape index (κ1) is 15.4. The molecule has 0 radical (unpaired) electrons. The predicted molar refractivity (Wildman–Crippen MR) is 72.3 cm³/mol. The summed E-state index contributed by atoms with van der Waals surface area (Å²) in [5.74, 6) is -1.08. The summed E-state index contributed by atoms with van der Waals surface area (Å²) in [6.45, 7) is 0. The highest BCUT2D eigenvalue weighted by Crippen LogP contribution is 2.54. The second kappa shape index (κ2) is 4.74. The van der Waals surface area contributed by atoms with Gasteiger partial charge < -0.3 is 0 Å². The van der Waals surface area contributed by atoms with Gasteiger partial charge in [-0.25, -0.2) is 0 Å². The van der Waals surface area contributed by atoms with Gasteiger partial charge in [-0.05, 0) is 25.2 Å². The molecule has 4 saturated carbocycles. The molecule has 4 atom stereocenters. The van der Waals surface area contributed by atoms with Crippen LogP contribution in [-0.4, -0.2) is 47.3 Å². The Morgan fingerprint density at radius 1 is 0.857 bits per heavy atom. The standard InChI is InChI=1S/C12H18O7S2/c1-20(14,15)18-11-7-3-6-4-8(10(7)13)12(9(11)5-6)19-21(2,16)17/h6-9,11-12H,3-5H2,1-2H3/t6?,7?,8?,9?,11-,12-/m1/s1. The van der Waals surface area contributed by atoms with Crippen LogP contribution in [0.4, 0.5) is 0 Å². The fourth-order valence-electron chi connectivity index (χ4n) is 4.22. The number of hydrogen-bond donors (Lipinski definition) is 0. The quantitative estimate of drug-likeness (QED) is 0.660. The van der Waals surface area contributed by atoms with Crippen LogP contribution in [0, 0.1) is 23.7 Å². The summed E-state index contributed by atoms with van der Waals surface area (Å²) in [6, 6.07) is 0. The zero-order chi connectivity index (χ0) is 15.6. The molecule has 2 unspecified atom stereocenters. The van der Waals surface area contributed by atoms with Crippen molar-refractivity contribution in [2.45, 2.75) is 31.5 Å². The van der Waals surface area contributed by atoms with Gasteiger partial charge in [-0.3, -0.25) is 13.2 Å². The van der Waals surface area contributed by atoms with Crippen LogP contribution in [0.2, 0.25) is 0 Å². The molecule has 0 amide bonds. The van der Waals surface area contributed by atoms with Crippen LogP contribution in [0.5, 0.6) is 0 Å². The molecule has 21 heavy (non-hydrogen) atoms. The van der Waals surface area contributed by atoms with Gasteiger partial charge >= 0.3 is 0 Å². The third kappa shape index (κ3) is 2.88. The molecular formula is C12H18O7S2. The van der Waals surface area contributed by atoms with Crippen molar-refractivity contribution in [3.63, 3.8) is 0 Å². The lowest BCUT2D eigenvalue weighted by Gasteiger charge is -2.55. The molecule has 4 fully saturated rings. The van der Waals surface area contributed by atoms with Gasteiger partial charge in [0.15, 0.2) is 0 Å². The van der Waals surface area contributed by atoms with E-state index in [4.69, 9.17) is 8.37 Å². The van der Waals surface area contributed by atoms with E-state index in [0.717, 1.165) is 12.5 Å². The molecule has 4 bridgehead atoms. The van der Waals surface area contributed by atoms with Crippen LogP contribution in [0.15, 0.2) is 0 Å². The normalized spacial score (nSPS) is 42.5. The smallest absolute Gasteiger partial charge is 0.264 e. The van der Waals surface area contributed by atoms with Crippen LogP contribution in [0.25, 0.3) is 0 Å². The number of Topliss-reactive ketones (excluding diaryl/α,β-unsaturated/α-hetero) is 1. The van der Waals surface area contributed by atoms with Gasteiger partial charge in [-0.1, -0.05) is 0 Å². The third-order valence-corrected chi connectivity index (χ3v) is 5.86. The summed E-state index contributed by atoms with van der Waals surface area (Å²) in [5, 5.41) is 0. The van der Waals surface area contributed by atoms with Gasteiger partial charge in [0.05, 0.1) is 24.7 Å². The van der Waals surface area contributed by atoms with Gasteiger partial charge in [-0.2, -0.15) is 16.8 Å². The average molecular weight is 338 g/mol. The Bertz CT molecular complexity index is 612. The maximum atomic E-state index is 12.4. The molecule has 7 nitrogen and oxygen atoms in total. The van der Waals surface area contributed by atoms with Crippen molar-refractivity contribution >= 4 is 26.0 Å². The zero-order valence-corrected chi connectivity index (χ0v) is 13.4. The Morgan fingerprint density at radius 3 is 1.67 bits per heavy atom. The van der Waals surface area contributed by atoms with E-state index in [1.165, 1.54) is 0 Å². The average Bonchev–Trinajstić information content (AvgIpc) is 2.29. The zero-order valence-electron chi connectivity index (χ0n) is 11.8. The Balaban J connectivity index is 1.95. The number of ketones is 1. The Morgan fingerprint density at radius 2 is 1.29 bits per heavy atom. The first-order chi connectivity index (χ1) is 9.55. The van der Waals surface area contributed by atoms with E-state index in [9.17, 15) is 21.6 Å². The van der Waals surface area contributed by atoms with E-state index in [2.05, 4.69) is 0 Å². The molecule has 0 saturated heterocycles. The molecule has 0 N–H and O–H groups in total. The van der Waals surface area contributed by atoms with Gasteiger partial charge in [0.1, 0.15) is 5.78 Å². The highest BCUT2D eigenvalue weighted by atomic mass is 32.2. The number of rotatable bonds is 4. The number of carbonyl (C=O) groups excluding carboxylic acids is 1. The maximum Gasteiger partial charge on any atom is 0.264 e. The van der Waals surface area contributed by atoms with E-state index in [-0.39, 0.29) is 11.7 Å². The fraction of sp³-hybridized carbons (Fsp3) is 0.917. The van der Waals surface area contributed by atoms with Crippen molar-refractivity contribution in [2.75, 3.05) is 12.5 Å². The van der Waals surface area contributed by atoms with Crippen LogP contribution < -0.4 is 0 Å². The summed E-state index contributed by atoms with van der Waals surface area (Å²) >= 11 is 0. The van der Waals surface area contributed by atoms with E-state index in [0.29, 0.717) is 25.2 Å². The summed E-state index contributed by atoms with van der Waals surface area (Å²) in [5.41, 5.74) is 0. The van der Waals surface area contributed by atoms with Crippen molar-refractivity contribution in [1.29, 1.82) is 0 Å². The molecular weight excluding hydrogens is 320 g/mol. The van der Waals surface area contributed by atoms with Gasteiger partial charge in [0.25, 0.3) is 20.2 Å². The summed E-state index contributed by atoms with van der Waals surface area (Å²) in [4.78, 5) is 12.4. The fourth-order valence-corrected chi connectivity index (χ4v) is 5.58. The highest BCUT2D eigenvalue weighted by Gasteiger charge is 2.60. The number of hydrogen-bond acceptors (Lipinski definition) is 7. The number of carbonyl (C=O) groups is 1. The second-order valence-corrected chi connectivity index (χ2v) is 9.58. The van der Waals surface area contributed by atoms with E-state index < -0.39 is 44.3 Å². The first-order valence-corrected chi connectivity index (χ1v) is 10.5. The molecule has 4 aliphatic rings. The van der Waals surface area contributed by atoms with Crippen LogP contribution in [0.3, 0.4) is 0 Å². The van der Waals surface area contributed by atoms with Gasteiger partial charge in [-0.15, -0.1) is 0 Å². The minimum absolute atomic E-state index is 0.121. The summed E-state index contributed by atoms with van der Waals surface area (Å²) in [6.07, 6.45) is 2.17. The minimum atomic E-state index is -3.72. The molecule has 0 aromatic carbocycles. The highest BCUT2D eigenvalue weighted by molar-refractivity contribution is 7.86. The molecule has 0 heterocycles. The molecule has 9 heteroatoms. The van der Waals surface area contributed by atoms with E-state index >= 15 is 0 Å². The molecule has 0 aromatic heterocycles. The van der Waals surface area contributed by atoms with Crippen molar-refractivity contribution in [2.24, 2.45) is 23.7 Å².